The lowest BCUT2D eigenvalue weighted by Crippen LogP contribution is -2.39. The maximum absolute atomic E-state index is 14.0. The molecule has 1 amide bonds. The van der Waals surface area contributed by atoms with Crippen molar-refractivity contribution >= 4 is 17.7 Å². The van der Waals surface area contributed by atoms with Gasteiger partial charge in [0, 0.05) is 16.9 Å². The summed E-state index contributed by atoms with van der Waals surface area (Å²) in [6, 6.07) is 4.36. The molecule has 1 saturated carbocycles. The molecule has 1 aliphatic carbocycles. The lowest BCUT2D eigenvalue weighted by Gasteiger charge is -2.19. The minimum atomic E-state index is -0.587. The number of nitrogens with one attached hydrogen (secondary N) is 1. The van der Waals surface area contributed by atoms with Crippen molar-refractivity contribution in [2.45, 2.75) is 30.6 Å². The topological polar surface area (TPSA) is 49.3 Å². The van der Waals surface area contributed by atoms with Crippen LogP contribution in [0.4, 0.5) is 4.39 Å². The molecule has 0 saturated heterocycles. The van der Waals surface area contributed by atoms with Crippen LogP contribution < -0.4 is 5.32 Å². The Hall–Kier alpha value is -1.51. The van der Waals surface area contributed by atoms with E-state index in [4.69, 9.17) is 5.11 Å². The van der Waals surface area contributed by atoms with Crippen LogP contribution in [0.3, 0.4) is 0 Å². The van der Waals surface area contributed by atoms with Gasteiger partial charge in [0.15, 0.2) is 0 Å². The lowest BCUT2D eigenvalue weighted by atomic mass is 10.1. The van der Waals surface area contributed by atoms with Crippen molar-refractivity contribution in [3.63, 3.8) is 0 Å². The first-order valence-electron chi connectivity index (χ1n) is 6.88. The van der Waals surface area contributed by atoms with Crippen molar-refractivity contribution < 1.29 is 14.3 Å². The van der Waals surface area contributed by atoms with Crippen molar-refractivity contribution in [3.8, 4) is 11.8 Å². The van der Waals surface area contributed by atoms with Gasteiger partial charge in [0.25, 0.3) is 5.91 Å². The van der Waals surface area contributed by atoms with Crippen LogP contribution in [0.2, 0.25) is 0 Å². The summed E-state index contributed by atoms with van der Waals surface area (Å²) in [7, 11) is 0. The van der Waals surface area contributed by atoms with E-state index >= 15 is 0 Å². The fourth-order valence-corrected chi connectivity index (χ4v) is 3.47. The van der Waals surface area contributed by atoms with E-state index in [2.05, 4.69) is 17.2 Å². The van der Waals surface area contributed by atoms with Gasteiger partial charge in [-0.3, -0.25) is 4.79 Å². The van der Waals surface area contributed by atoms with Crippen LogP contribution in [0.5, 0.6) is 0 Å². The molecular weight excluding hydrogens is 289 g/mol. The Labute approximate surface area is 128 Å². The van der Waals surface area contributed by atoms with Gasteiger partial charge in [0.1, 0.15) is 12.4 Å². The molecule has 1 fully saturated rings. The van der Waals surface area contributed by atoms with Gasteiger partial charge in [-0.1, -0.05) is 18.3 Å². The number of aliphatic hydroxyl groups is 1. The number of rotatable bonds is 3. The van der Waals surface area contributed by atoms with Crippen molar-refractivity contribution in [3.05, 3.63) is 35.1 Å². The van der Waals surface area contributed by atoms with Gasteiger partial charge in [-0.05, 0) is 37.3 Å². The van der Waals surface area contributed by atoms with Crippen LogP contribution in [-0.2, 0) is 0 Å². The second-order valence-electron chi connectivity index (χ2n) is 4.94. The van der Waals surface area contributed by atoms with Gasteiger partial charge >= 0.3 is 0 Å². The van der Waals surface area contributed by atoms with E-state index in [-0.39, 0.29) is 24.1 Å². The fourth-order valence-electron chi connectivity index (χ4n) is 2.54. The summed E-state index contributed by atoms with van der Waals surface area (Å²) in [5, 5.41) is 11.9. The molecule has 0 aromatic heterocycles. The Bertz CT molecular complexity index is 579. The summed E-state index contributed by atoms with van der Waals surface area (Å²) in [4.78, 5) is 12.2. The van der Waals surface area contributed by atoms with Gasteiger partial charge in [0.05, 0.1) is 5.56 Å². The Morgan fingerprint density at radius 2 is 2.33 bits per heavy atom. The van der Waals surface area contributed by atoms with Gasteiger partial charge in [-0.25, -0.2) is 4.39 Å². The van der Waals surface area contributed by atoms with Crippen LogP contribution in [0.25, 0.3) is 0 Å². The standard InChI is InChI=1S/C16H18FNO2S/c1-21-15-6-2-5-14(15)18-16(20)12-8-7-11(4-3-9-19)10-13(12)17/h7-8,10,14-15,19H,2,5-6,9H2,1H3,(H,18,20). The number of hydrogen-bond donors (Lipinski definition) is 2. The van der Waals surface area contributed by atoms with E-state index in [1.165, 1.54) is 12.1 Å². The van der Waals surface area contributed by atoms with Gasteiger partial charge in [-0.2, -0.15) is 11.8 Å². The minimum Gasteiger partial charge on any atom is -0.384 e. The van der Waals surface area contributed by atoms with Crippen molar-refractivity contribution in [1.82, 2.24) is 5.32 Å². The summed E-state index contributed by atoms with van der Waals surface area (Å²) in [5.41, 5.74) is 0.484. The zero-order chi connectivity index (χ0) is 15.2. The highest BCUT2D eigenvalue weighted by atomic mass is 32.2. The highest BCUT2D eigenvalue weighted by Crippen LogP contribution is 2.28. The Morgan fingerprint density at radius 3 is 3.00 bits per heavy atom. The first-order valence-corrected chi connectivity index (χ1v) is 8.17. The average molecular weight is 307 g/mol. The minimum absolute atomic E-state index is 0.0382. The molecule has 1 aromatic carbocycles. The third kappa shape index (κ3) is 3.99. The molecular formula is C16H18FNO2S. The first-order chi connectivity index (χ1) is 10.2. The fraction of sp³-hybridized carbons (Fsp3) is 0.438. The van der Waals surface area contributed by atoms with Crippen LogP contribution in [-0.4, -0.2) is 35.2 Å². The molecule has 2 N–H and O–H groups in total. The van der Waals surface area contributed by atoms with E-state index < -0.39 is 5.82 Å². The molecule has 0 bridgehead atoms. The predicted molar refractivity (Wildman–Crippen MR) is 82.8 cm³/mol. The molecule has 21 heavy (non-hydrogen) atoms. The molecule has 0 radical (unpaired) electrons. The summed E-state index contributed by atoms with van der Waals surface area (Å²) in [6.07, 6.45) is 5.15. The van der Waals surface area contributed by atoms with E-state index in [0.717, 1.165) is 19.3 Å². The Kier molecular flexibility index (Phi) is 5.66. The maximum atomic E-state index is 14.0. The number of halogens is 1. The third-order valence-corrected chi connectivity index (χ3v) is 4.77. The van der Waals surface area contributed by atoms with Gasteiger partial charge in [0.2, 0.25) is 0 Å². The van der Waals surface area contributed by atoms with Crippen LogP contribution in [0.1, 0.15) is 35.2 Å². The normalized spacial score (nSPS) is 20.7. The first kappa shape index (κ1) is 15.9. The number of thioether (sulfide) groups is 1. The van der Waals surface area contributed by atoms with Gasteiger partial charge < -0.3 is 10.4 Å². The Balaban J connectivity index is 2.09. The summed E-state index contributed by atoms with van der Waals surface area (Å²) < 4.78 is 14.0. The monoisotopic (exact) mass is 307 g/mol. The van der Waals surface area contributed by atoms with Crippen LogP contribution >= 0.6 is 11.8 Å². The predicted octanol–water partition coefficient (Wildman–Crippen LogP) is 2.18. The molecule has 2 rings (SSSR count). The summed E-state index contributed by atoms with van der Waals surface area (Å²) >= 11 is 1.74. The van der Waals surface area contributed by atoms with E-state index in [0.29, 0.717) is 10.8 Å². The average Bonchev–Trinajstić information content (AvgIpc) is 2.92. The molecule has 5 heteroatoms. The quantitative estimate of drug-likeness (QED) is 0.842. The lowest BCUT2D eigenvalue weighted by molar-refractivity contribution is 0.0934. The largest absolute Gasteiger partial charge is 0.384 e. The zero-order valence-electron chi connectivity index (χ0n) is 11.9. The second kappa shape index (κ2) is 7.48. The highest BCUT2D eigenvalue weighted by molar-refractivity contribution is 7.99. The number of amides is 1. The van der Waals surface area contributed by atoms with E-state index in [1.54, 1.807) is 17.8 Å². The smallest absolute Gasteiger partial charge is 0.254 e. The SMILES string of the molecule is CSC1CCCC1NC(=O)c1ccc(C#CCO)cc1F. The molecule has 1 aliphatic rings. The van der Waals surface area contributed by atoms with Crippen molar-refractivity contribution in [1.29, 1.82) is 0 Å². The van der Waals surface area contributed by atoms with Crippen molar-refractivity contribution in [2.24, 2.45) is 0 Å². The maximum Gasteiger partial charge on any atom is 0.254 e. The molecule has 2 unspecified atom stereocenters. The van der Waals surface area contributed by atoms with Gasteiger partial charge in [-0.15, -0.1) is 0 Å². The number of aliphatic hydroxyl groups excluding tert-OH is 1. The molecule has 0 aliphatic heterocycles. The summed E-state index contributed by atoms with van der Waals surface area (Å²) in [5.74, 6) is 4.10. The highest BCUT2D eigenvalue weighted by Gasteiger charge is 2.28. The number of carbonyl (C=O) groups excluding carboxylic acids is 1. The molecule has 0 spiro atoms. The number of carbonyl (C=O) groups is 1. The molecule has 112 valence electrons. The zero-order valence-corrected chi connectivity index (χ0v) is 12.7. The van der Waals surface area contributed by atoms with Crippen molar-refractivity contribution in [2.75, 3.05) is 12.9 Å². The second-order valence-corrected chi connectivity index (χ2v) is 6.02. The molecule has 0 heterocycles. The van der Waals surface area contributed by atoms with E-state index in [1.807, 2.05) is 6.26 Å². The number of hydrogen-bond acceptors (Lipinski definition) is 3. The van der Waals surface area contributed by atoms with E-state index in [9.17, 15) is 9.18 Å². The summed E-state index contributed by atoms with van der Waals surface area (Å²) in [6.45, 7) is -0.276. The third-order valence-electron chi connectivity index (χ3n) is 3.60. The molecule has 3 nitrogen and oxygen atoms in total. The molecule has 1 aromatic rings. The number of benzene rings is 1. The Morgan fingerprint density at radius 1 is 1.52 bits per heavy atom. The van der Waals surface area contributed by atoms with Crippen LogP contribution in [0.15, 0.2) is 18.2 Å². The van der Waals surface area contributed by atoms with Crippen LogP contribution in [0, 0.1) is 17.7 Å². The molecule has 2 atom stereocenters.